The van der Waals surface area contributed by atoms with Crippen molar-refractivity contribution in [3.63, 3.8) is 0 Å². The Morgan fingerprint density at radius 3 is 1.78 bits per heavy atom. The van der Waals surface area contributed by atoms with Gasteiger partial charge >= 0.3 is 12.2 Å². The molecule has 0 aliphatic heterocycles. The molecule has 0 aromatic heterocycles. The zero-order valence-electron chi connectivity index (χ0n) is 14.3. The highest BCUT2D eigenvalue weighted by atomic mass is 19.1. The Kier molecular flexibility index (Phi) is 5.24. The fourth-order valence-electron chi connectivity index (χ4n) is 1.56. The van der Waals surface area contributed by atoms with Crippen LogP contribution in [0.1, 0.15) is 41.5 Å². The molecule has 0 bridgehead atoms. The molecule has 0 aliphatic carbocycles. The minimum Gasteiger partial charge on any atom is -0.443 e. The summed E-state index contributed by atoms with van der Waals surface area (Å²) in [6.07, 6.45) is -1.92. The molecule has 128 valence electrons. The molecule has 0 unspecified atom stereocenters. The number of carbonyl (C=O) groups is 2. The SMILES string of the molecule is CC(C)(C)OC(=O)N(C(=O)OC(C)(C)C)c1ccc(N)c(F)c1. The first-order valence-corrected chi connectivity index (χ1v) is 7.11. The molecule has 0 fully saturated rings. The number of hydrogen-bond acceptors (Lipinski definition) is 5. The number of nitrogens with zero attached hydrogens (tertiary/aromatic N) is 1. The third kappa shape index (κ3) is 5.77. The van der Waals surface area contributed by atoms with E-state index in [0.29, 0.717) is 4.90 Å². The van der Waals surface area contributed by atoms with Crippen molar-refractivity contribution in [3.05, 3.63) is 24.0 Å². The highest BCUT2D eigenvalue weighted by molar-refractivity contribution is 6.09. The minimum atomic E-state index is -0.962. The number of nitrogen functional groups attached to an aromatic ring is 1. The first kappa shape index (κ1) is 18.7. The summed E-state index contributed by atoms with van der Waals surface area (Å²) in [5, 5.41) is 0. The second kappa shape index (κ2) is 6.44. The Bertz CT molecular complexity index is 575. The number of carbonyl (C=O) groups excluding carboxylic acids is 2. The van der Waals surface area contributed by atoms with Crippen LogP contribution in [0, 0.1) is 5.82 Å². The number of halogens is 1. The predicted molar refractivity (Wildman–Crippen MR) is 85.8 cm³/mol. The van der Waals surface area contributed by atoms with E-state index in [9.17, 15) is 14.0 Å². The average molecular weight is 326 g/mol. The van der Waals surface area contributed by atoms with Crippen molar-refractivity contribution in [1.29, 1.82) is 0 Å². The van der Waals surface area contributed by atoms with E-state index in [0.717, 1.165) is 6.07 Å². The molecule has 0 saturated heterocycles. The normalized spacial score (nSPS) is 11.8. The summed E-state index contributed by atoms with van der Waals surface area (Å²) in [4.78, 5) is 25.3. The van der Waals surface area contributed by atoms with E-state index in [1.54, 1.807) is 41.5 Å². The Balaban J connectivity index is 3.22. The van der Waals surface area contributed by atoms with Gasteiger partial charge in [-0.2, -0.15) is 4.90 Å². The van der Waals surface area contributed by atoms with Crippen molar-refractivity contribution in [2.75, 3.05) is 10.6 Å². The van der Waals surface area contributed by atoms with Gasteiger partial charge in [0.2, 0.25) is 0 Å². The molecule has 2 N–H and O–H groups in total. The number of nitrogens with two attached hydrogens (primary N) is 1. The first-order chi connectivity index (χ1) is 10.3. The maximum absolute atomic E-state index is 13.7. The van der Waals surface area contributed by atoms with E-state index < -0.39 is 29.2 Å². The van der Waals surface area contributed by atoms with E-state index in [1.807, 2.05) is 0 Å². The summed E-state index contributed by atoms with van der Waals surface area (Å²) in [6.45, 7) is 9.93. The molecule has 23 heavy (non-hydrogen) atoms. The highest BCUT2D eigenvalue weighted by Gasteiger charge is 2.32. The van der Waals surface area contributed by atoms with Gasteiger partial charge in [0.05, 0.1) is 11.4 Å². The fraction of sp³-hybridized carbons (Fsp3) is 0.500. The van der Waals surface area contributed by atoms with Gasteiger partial charge in [-0.05, 0) is 53.7 Å². The van der Waals surface area contributed by atoms with Gasteiger partial charge in [-0.3, -0.25) is 0 Å². The molecule has 0 heterocycles. The molecule has 1 aromatic rings. The van der Waals surface area contributed by atoms with Crippen LogP contribution in [-0.2, 0) is 9.47 Å². The van der Waals surface area contributed by atoms with Crippen molar-refractivity contribution >= 4 is 23.6 Å². The molecule has 6 nitrogen and oxygen atoms in total. The third-order valence-corrected chi connectivity index (χ3v) is 2.39. The van der Waals surface area contributed by atoms with Crippen LogP contribution in [-0.4, -0.2) is 23.4 Å². The van der Waals surface area contributed by atoms with Crippen molar-refractivity contribution in [2.45, 2.75) is 52.7 Å². The van der Waals surface area contributed by atoms with Crippen molar-refractivity contribution < 1.29 is 23.5 Å². The van der Waals surface area contributed by atoms with Crippen LogP contribution in [0.5, 0.6) is 0 Å². The maximum Gasteiger partial charge on any atom is 0.424 e. The van der Waals surface area contributed by atoms with E-state index in [2.05, 4.69) is 0 Å². The number of hydrogen-bond donors (Lipinski definition) is 1. The number of benzene rings is 1. The molecular weight excluding hydrogens is 303 g/mol. The number of amides is 2. The molecule has 2 amide bonds. The number of imide groups is 1. The van der Waals surface area contributed by atoms with Crippen molar-refractivity contribution in [1.82, 2.24) is 0 Å². The molecule has 1 aromatic carbocycles. The Morgan fingerprint density at radius 1 is 1.00 bits per heavy atom. The Labute approximate surface area is 135 Å². The van der Waals surface area contributed by atoms with E-state index in [-0.39, 0.29) is 11.4 Å². The molecule has 1 rings (SSSR count). The molecule has 0 spiro atoms. The lowest BCUT2D eigenvalue weighted by atomic mass is 10.2. The Morgan fingerprint density at radius 2 is 1.43 bits per heavy atom. The second-order valence-electron chi connectivity index (χ2n) is 7.00. The number of rotatable bonds is 1. The van der Waals surface area contributed by atoms with Gasteiger partial charge in [0.1, 0.15) is 17.0 Å². The van der Waals surface area contributed by atoms with Crippen molar-refractivity contribution in [2.24, 2.45) is 0 Å². The Hall–Kier alpha value is -2.31. The number of ether oxygens (including phenoxy) is 2. The van der Waals surface area contributed by atoms with Crippen LogP contribution in [0.2, 0.25) is 0 Å². The van der Waals surface area contributed by atoms with Gasteiger partial charge in [-0.15, -0.1) is 0 Å². The standard InChI is InChI=1S/C16H23FN2O4/c1-15(2,3)22-13(20)19(14(21)23-16(4,5)6)10-7-8-12(18)11(17)9-10/h7-9H,18H2,1-6H3. The lowest BCUT2D eigenvalue weighted by Gasteiger charge is -2.28. The van der Waals surface area contributed by atoms with Gasteiger partial charge in [0.15, 0.2) is 0 Å². The van der Waals surface area contributed by atoms with Gasteiger partial charge in [-0.25, -0.2) is 14.0 Å². The van der Waals surface area contributed by atoms with Gasteiger partial charge in [-0.1, -0.05) is 0 Å². The minimum absolute atomic E-state index is 0.0276. The largest absolute Gasteiger partial charge is 0.443 e. The smallest absolute Gasteiger partial charge is 0.424 e. The number of anilines is 2. The molecular formula is C16H23FN2O4. The average Bonchev–Trinajstić information content (AvgIpc) is 2.29. The van der Waals surface area contributed by atoms with Crippen LogP contribution in [0.4, 0.5) is 25.4 Å². The second-order valence-corrected chi connectivity index (χ2v) is 7.00. The summed E-state index contributed by atoms with van der Waals surface area (Å²) >= 11 is 0. The maximum atomic E-state index is 13.7. The van der Waals surface area contributed by atoms with E-state index >= 15 is 0 Å². The predicted octanol–water partition coefficient (Wildman–Crippen LogP) is 4.08. The third-order valence-electron chi connectivity index (χ3n) is 2.39. The van der Waals surface area contributed by atoms with Crippen LogP contribution in [0.3, 0.4) is 0 Å². The van der Waals surface area contributed by atoms with Crippen LogP contribution >= 0.6 is 0 Å². The van der Waals surface area contributed by atoms with Gasteiger partial charge in [0.25, 0.3) is 0 Å². The van der Waals surface area contributed by atoms with Crippen molar-refractivity contribution in [3.8, 4) is 0 Å². The van der Waals surface area contributed by atoms with Crippen LogP contribution < -0.4 is 10.6 Å². The zero-order chi connectivity index (χ0) is 18.0. The van der Waals surface area contributed by atoms with Gasteiger partial charge in [0, 0.05) is 6.07 Å². The summed E-state index contributed by atoms with van der Waals surface area (Å²) in [5.41, 5.74) is 3.64. The summed E-state index contributed by atoms with van der Waals surface area (Å²) in [5.74, 6) is -0.750. The van der Waals surface area contributed by atoms with Gasteiger partial charge < -0.3 is 15.2 Å². The van der Waals surface area contributed by atoms with E-state index in [4.69, 9.17) is 15.2 Å². The molecule has 7 heteroatoms. The van der Waals surface area contributed by atoms with Crippen LogP contribution in [0.25, 0.3) is 0 Å². The lowest BCUT2D eigenvalue weighted by Crippen LogP contribution is -2.43. The quantitative estimate of drug-likeness (QED) is 0.786. The summed E-state index contributed by atoms with van der Waals surface area (Å²) in [7, 11) is 0. The zero-order valence-corrected chi connectivity index (χ0v) is 14.3. The molecule has 0 radical (unpaired) electrons. The first-order valence-electron chi connectivity index (χ1n) is 7.11. The highest BCUT2D eigenvalue weighted by Crippen LogP contribution is 2.24. The summed E-state index contributed by atoms with van der Waals surface area (Å²) in [6, 6.07) is 3.57. The fourth-order valence-corrected chi connectivity index (χ4v) is 1.56. The van der Waals surface area contributed by atoms with E-state index in [1.165, 1.54) is 12.1 Å². The summed E-state index contributed by atoms with van der Waals surface area (Å²) < 4.78 is 24.1. The molecule has 0 saturated carbocycles. The lowest BCUT2D eigenvalue weighted by molar-refractivity contribution is 0.0430. The monoisotopic (exact) mass is 326 g/mol. The van der Waals surface area contributed by atoms with Crippen LogP contribution in [0.15, 0.2) is 18.2 Å². The molecule has 0 atom stereocenters. The molecule has 0 aliphatic rings. The topological polar surface area (TPSA) is 81.9 Å².